The predicted octanol–water partition coefficient (Wildman–Crippen LogP) is 4.95. The quantitative estimate of drug-likeness (QED) is 0.554. The Morgan fingerprint density at radius 2 is 1.84 bits per heavy atom. The molecule has 4 aromatic rings. The van der Waals surface area contributed by atoms with Crippen molar-refractivity contribution < 1.29 is 8.91 Å². The van der Waals surface area contributed by atoms with Gasteiger partial charge < -0.3 is 9.51 Å². The number of nitrogens with one attached hydrogen (secondary N) is 1. The molecule has 2 aromatic carbocycles. The van der Waals surface area contributed by atoms with Crippen molar-refractivity contribution >= 4 is 22.5 Å². The van der Waals surface area contributed by atoms with Gasteiger partial charge in [-0.1, -0.05) is 28.9 Å². The lowest BCUT2D eigenvalue weighted by molar-refractivity contribution is 0.427. The zero-order valence-corrected chi connectivity index (χ0v) is 13.9. The van der Waals surface area contributed by atoms with Crippen molar-refractivity contribution in [2.45, 2.75) is 6.92 Å². The average Bonchev–Trinajstić information content (AvgIpc) is 3.01. The molecule has 1 N–H and O–H groups in total. The summed E-state index contributed by atoms with van der Waals surface area (Å²) in [6, 6.07) is 12.8. The highest BCUT2D eigenvalue weighted by Gasteiger charge is 2.19. The van der Waals surface area contributed by atoms with Crippen LogP contribution in [0.15, 0.2) is 57.8 Å². The first-order valence-electron chi connectivity index (χ1n) is 7.58. The number of pyridine rings is 1. The molecule has 6 heteroatoms. The normalized spacial score (nSPS) is 11.2. The zero-order valence-electron chi connectivity index (χ0n) is 13.1. The van der Waals surface area contributed by atoms with E-state index in [0.717, 1.165) is 5.39 Å². The number of benzene rings is 2. The van der Waals surface area contributed by atoms with Gasteiger partial charge in [0, 0.05) is 27.6 Å². The van der Waals surface area contributed by atoms with Crippen LogP contribution in [-0.2, 0) is 0 Å². The molecule has 0 aliphatic carbocycles. The predicted molar refractivity (Wildman–Crippen MR) is 95.2 cm³/mol. The fourth-order valence-corrected chi connectivity index (χ4v) is 3.07. The minimum atomic E-state index is -0.354. The molecule has 124 valence electrons. The van der Waals surface area contributed by atoms with Crippen molar-refractivity contribution in [2.24, 2.45) is 0 Å². The summed E-state index contributed by atoms with van der Waals surface area (Å²) in [6.07, 6.45) is 0. The van der Waals surface area contributed by atoms with Gasteiger partial charge in [0.25, 0.3) is 5.56 Å². The molecule has 0 unspecified atom stereocenters. The number of H-pyrrole nitrogens is 1. The summed E-state index contributed by atoms with van der Waals surface area (Å²) >= 11 is 6.16. The minimum absolute atomic E-state index is 0.315. The number of aromatic nitrogens is 2. The third-order valence-electron chi connectivity index (χ3n) is 3.98. The fraction of sp³-hybridized carbons (Fsp3) is 0.0526. The van der Waals surface area contributed by atoms with E-state index in [0.29, 0.717) is 38.7 Å². The number of hydrogen-bond donors (Lipinski definition) is 1. The summed E-state index contributed by atoms with van der Waals surface area (Å²) in [5, 5.41) is 5.14. The lowest BCUT2D eigenvalue weighted by atomic mass is 9.95. The molecule has 0 aliphatic rings. The van der Waals surface area contributed by atoms with Crippen LogP contribution in [0.5, 0.6) is 0 Å². The first-order valence-corrected chi connectivity index (χ1v) is 7.96. The Morgan fingerprint density at radius 3 is 2.52 bits per heavy atom. The molecule has 0 spiro atoms. The van der Waals surface area contributed by atoms with Gasteiger partial charge in [-0.15, -0.1) is 0 Å². The molecular formula is C19H12ClFN2O2. The molecule has 0 fully saturated rings. The van der Waals surface area contributed by atoms with Gasteiger partial charge >= 0.3 is 0 Å². The van der Waals surface area contributed by atoms with Gasteiger partial charge in [0.2, 0.25) is 0 Å². The molecule has 0 amide bonds. The summed E-state index contributed by atoms with van der Waals surface area (Å²) < 4.78 is 18.7. The van der Waals surface area contributed by atoms with E-state index in [-0.39, 0.29) is 11.4 Å². The number of aryl methyl sites for hydroxylation is 1. The Morgan fingerprint density at radius 1 is 1.08 bits per heavy atom. The first-order chi connectivity index (χ1) is 12.0. The van der Waals surface area contributed by atoms with Crippen molar-refractivity contribution in [2.75, 3.05) is 0 Å². The van der Waals surface area contributed by atoms with Gasteiger partial charge in [-0.3, -0.25) is 4.79 Å². The number of nitrogens with zero attached hydrogens (tertiary/aromatic N) is 1. The van der Waals surface area contributed by atoms with Crippen LogP contribution < -0.4 is 5.56 Å². The van der Waals surface area contributed by atoms with Crippen LogP contribution in [0, 0.1) is 12.7 Å². The molecular weight excluding hydrogens is 343 g/mol. The van der Waals surface area contributed by atoms with Gasteiger partial charge in [-0.2, -0.15) is 0 Å². The van der Waals surface area contributed by atoms with Crippen LogP contribution >= 0.6 is 11.6 Å². The summed E-state index contributed by atoms with van der Waals surface area (Å²) in [7, 11) is 0. The standard InChI is InChI=1S/C19H12ClFN2O2/c1-10-8-16(25-23-10)18-17(11-2-5-13(21)6-3-11)14-9-12(20)4-7-15(14)22-19(18)24/h2-9H,1H3,(H,22,24). The van der Waals surface area contributed by atoms with Crippen LogP contribution in [-0.4, -0.2) is 10.1 Å². The number of rotatable bonds is 2. The van der Waals surface area contributed by atoms with E-state index in [1.807, 2.05) is 0 Å². The maximum Gasteiger partial charge on any atom is 0.260 e. The minimum Gasteiger partial charge on any atom is -0.356 e. The zero-order chi connectivity index (χ0) is 17.6. The molecule has 0 saturated heterocycles. The highest BCUT2D eigenvalue weighted by molar-refractivity contribution is 6.31. The van der Waals surface area contributed by atoms with Gasteiger partial charge in [0.05, 0.1) is 11.3 Å². The van der Waals surface area contributed by atoms with E-state index in [9.17, 15) is 9.18 Å². The summed E-state index contributed by atoms with van der Waals surface area (Å²) in [5.41, 5.74) is 2.62. The van der Waals surface area contributed by atoms with E-state index in [2.05, 4.69) is 10.1 Å². The Kier molecular flexibility index (Phi) is 3.66. The van der Waals surface area contributed by atoms with Crippen molar-refractivity contribution in [1.29, 1.82) is 0 Å². The van der Waals surface area contributed by atoms with Crippen molar-refractivity contribution in [3.8, 4) is 22.5 Å². The maximum atomic E-state index is 13.4. The summed E-state index contributed by atoms with van der Waals surface area (Å²) in [4.78, 5) is 15.6. The highest BCUT2D eigenvalue weighted by Crippen LogP contribution is 2.36. The fourth-order valence-electron chi connectivity index (χ4n) is 2.90. The Balaban J connectivity index is 2.16. The Bertz CT molecular complexity index is 1150. The Labute approximate surface area is 146 Å². The first kappa shape index (κ1) is 15.6. The molecule has 2 aromatic heterocycles. The van der Waals surface area contributed by atoms with Gasteiger partial charge in [0.1, 0.15) is 5.82 Å². The third kappa shape index (κ3) is 2.72. The maximum absolute atomic E-state index is 13.4. The van der Waals surface area contributed by atoms with Crippen LogP contribution in [0.2, 0.25) is 5.02 Å². The lowest BCUT2D eigenvalue weighted by Crippen LogP contribution is -2.11. The number of fused-ring (bicyclic) bond motifs is 1. The van der Waals surface area contributed by atoms with Crippen molar-refractivity contribution in [1.82, 2.24) is 10.1 Å². The SMILES string of the molecule is Cc1cc(-c2c(-c3ccc(F)cc3)c3cc(Cl)ccc3[nH]c2=O)on1. The number of aromatic amines is 1. The molecule has 4 nitrogen and oxygen atoms in total. The van der Waals surface area contributed by atoms with Crippen LogP contribution in [0.25, 0.3) is 33.4 Å². The highest BCUT2D eigenvalue weighted by atomic mass is 35.5. The van der Waals surface area contributed by atoms with Gasteiger partial charge in [0.15, 0.2) is 5.76 Å². The Hall–Kier alpha value is -2.92. The molecule has 4 rings (SSSR count). The molecule has 0 saturated carbocycles. The monoisotopic (exact) mass is 354 g/mol. The molecule has 0 atom stereocenters. The lowest BCUT2D eigenvalue weighted by Gasteiger charge is -2.11. The van der Waals surface area contributed by atoms with Crippen molar-refractivity contribution in [3.05, 3.63) is 75.4 Å². The molecule has 2 heterocycles. The number of hydrogen-bond acceptors (Lipinski definition) is 3. The topological polar surface area (TPSA) is 58.9 Å². The molecule has 25 heavy (non-hydrogen) atoms. The molecule has 0 bridgehead atoms. The summed E-state index contributed by atoms with van der Waals surface area (Å²) in [5.74, 6) is -0.00654. The second kappa shape index (κ2) is 5.86. The molecule has 0 aliphatic heterocycles. The van der Waals surface area contributed by atoms with Crippen LogP contribution in [0.1, 0.15) is 5.69 Å². The second-order valence-electron chi connectivity index (χ2n) is 5.73. The van der Waals surface area contributed by atoms with E-state index < -0.39 is 0 Å². The van der Waals surface area contributed by atoms with E-state index >= 15 is 0 Å². The molecule has 0 radical (unpaired) electrons. The number of halogens is 2. The summed E-state index contributed by atoms with van der Waals surface area (Å²) in [6.45, 7) is 1.77. The second-order valence-corrected chi connectivity index (χ2v) is 6.17. The van der Waals surface area contributed by atoms with Crippen LogP contribution in [0.3, 0.4) is 0 Å². The largest absolute Gasteiger partial charge is 0.356 e. The van der Waals surface area contributed by atoms with Gasteiger partial charge in [-0.25, -0.2) is 4.39 Å². The van der Waals surface area contributed by atoms with E-state index in [1.165, 1.54) is 12.1 Å². The van der Waals surface area contributed by atoms with Gasteiger partial charge in [-0.05, 0) is 42.8 Å². The smallest absolute Gasteiger partial charge is 0.260 e. The van der Waals surface area contributed by atoms with E-state index in [1.54, 1.807) is 43.3 Å². The average molecular weight is 355 g/mol. The van der Waals surface area contributed by atoms with Crippen molar-refractivity contribution in [3.63, 3.8) is 0 Å². The van der Waals surface area contributed by atoms with E-state index in [4.69, 9.17) is 16.1 Å². The third-order valence-corrected chi connectivity index (χ3v) is 4.22. The van der Waals surface area contributed by atoms with Crippen LogP contribution in [0.4, 0.5) is 4.39 Å².